The van der Waals surface area contributed by atoms with Gasteiger partial charge in [-0.05, 0) is 82.7 Å². The van der Waals surface area contributed by atoms with Crippen molar-refractivity contribution < 1.29 is 9.53 Å². The van der Waals surface area contributed by atoms with Crippen LogP contribution in [0.2, 0.25) is 0 Å². The lowest BCUT2D eigenvalue weighted by Crippen LogP contribution is -2.46. The molecule has 3 nitrogen and oxygen atoms in total. The van der Waals surface area contributed by atoms with Crippen LogP contribution < -0.4 is 0 Å². The lowest BCUT2D eigenvalue weighted by atomic mass is 9.90. The van der Waals surface area contributed by atoms with Crippen molar-refractivity contribution in [1.82, 2.24) is 4.90 Å². The van der Waals surface area contributed by atoms with Crippen LogP contribution in [0.3, 0.4) is 0 Å². The number of rotatable bonds is 3. The molecule has 0 saturated heterocycles. The van der Waals surface area contributed by atoms with E-state index in [-0.39, 0.29) is 6.09 Å². The maximum atomic E-state index is 12.6. The van der Waals surface area contributed by atoms with Gasteiger partial charge in [0.15, 0.2) is 0 Å². The number of nitrogens with zero attached hydrogens (tertiary/aromatic N) is 1. The molecule has 0 N–H and O–H groups in total. The van der Waals surface area contributed by atoms with E-state index in [1.165, 1.54) is 23.1 Å². The fourth-order valence-corrected chi connectivity index (χ4v) is 3.41. The number of amides is 1. The van der Waals surface area contributed by atoms with Crippen LogP contribution in [0.15, 0.2) is 16.6 Å². The third kappa shape index (κ3) is 4.25. The normalized spacial score (nSPS) is 15.4. The summed E-state index contributed by atoms with van der Waals surface area (Å²) in [7, 11) is 0. The first-order valence-electron chi connectivity index (χ1n) is 7.92. The third-order valence-corrected chi connectivity index (χ3v) is 4.59. The molecule has 4 heteroatoms. The number of hydrogen-bond acceptors (Lipinski definition) is 2. The largest absolute Gasteiger partial charge is 0.444 e. The topological polar surface area (TPSA) is 29.5 Å². The second-order valence-corrected chi connectivity index (χ2v) is 8.13. The Morgan fingerprint density at radius 3 is 2.23 bits per heavy atom. The molecule has 0 bridgehead atoms. The minimum atomic E-state index is -0.455. The van der Waals surface area contributed by atoms with Crippen molar-refractivity contribution in [2.45, 2.75) is 72.1 Å². The molecule has 0 spiro atoms. The van der Waals surface area contributed by atoms with Gasteiger partial charge in [-0.1, -0.05) is 15.9 Å². The van der Waals surface area contributed by atoms with E-state index in [1.54, 1.807) is 0 Å². The van der Waals surface area contributed by atoms with Crippen LogP contribution in [0.5, 0.6) is 0 Å². The SMILES string of the molecule is Cc1cc(Br)cc(C)c1CN(C(=O)OC(C)(C)C)C1CCC1. The van der Waals surface area contributed by atoms with Crippen molar-refractivity contribution in [3.8, 4) is 0 Å². The van der Waals surface area contributed by atoms with E-state index >= 15 is 0 Å². The Morgan fingerprint density at radius 1 is 1.27 bits per heavy atom. The molecule has 2 rings (SSSR count). The van der Waals surface area contributed by atoms with Crippen molar-refractivity contribution in [2.75, 3.05) is 0 Å². The van der Waals surface area contributed by atoms with Gasteiger partial charge in [0.1, 0.15) is 5.60 Å². The van der Waals surface area contributed by atoms with Gasteiger partial charge in [0.05, 0.1) is 0 Å². The lowest BCUT2D eigenvalue weighted by Gasteiger charge is -2.38. The van der Waals surface area contributed by atoms with Crippen molar-refractivity contribution in [1.29, 1.82) is 0 Å². The van der Waals surface area contributed by atoms with E-state index in [2.05, 4.69) is 41.9 Å². The maximum Gasteiger partial charge on any atom is 0.410 e. The van der Waals surface area contributed by atoms with Crippen molar-refractivity contribution in [3.05, 3.63) is 33.3 Å². The molecule has 1 aliphatic rings. The minimum absolute atomic E-state index is 0.195. The molecule has 1 saturated carbocycles. The highest BCUT2D eigenvalue weighted by atomic mass is 79.9. The molecule has 0 unspecified atom stereocenters. The zero-order chi connectivity index (χ0) is 16.5. The summed E-state index contributed by atoms with van der Waals surface area (Å²) in [6, 6.07) is 4.53. The summed E-state index contributed by atoms with van der Waals surface area (Å²) in [5.41, 5.74) is 3.18. The second-order valence-electron chi connectivity index (χ2n) is 7.21. The van der Waals surface area contributed by atoms with Gasteiger partial charge in [-0.2, -0.15) is 0 Å². The Balaban J connectivity index is 2.22. The molecule has 122 valence electrons. The van der Waals surface area contributed by atoms with Crippen LogP contribution in [0.1, 0.15) is 56.7 Å². The number of halogens is 1. The molecule has 1 amide bonds. The Morgan fingerprint density at radius 2 is 1.82 bits per heavy atom. The van der Waals surface area contributed by atoms with Crippen LogP contribution in [-0.2, 0) is 11.3 Å². The van der Waals surface area contributed by atoms with E-state index in [0.717, 1.165) is 17.3 Å². The van der Waals surface area contributed by atoms with Gasteiger partial charge in [-0.3, -0.25) is 0 Å². The highest BCUT2D eigenvalue weighted by Gasteiger charge is 2.32. The van der Waals surface area contributed by atoms with E-state index in [9.17, 15) is 4.79 Å². The van der Waals surface area contributed by atoms with E-state index < -0.39 is 5.60 Å². The van der Waals surface area contributed by atoms with E-state index in [0.29, 0.717) is 12.6 Å². The zero-order valence-electron chi connectivity index (χ0n) is 14.2. The number of hydrogen-bond donors (Lipinski definition) is 0. The Labute approximate surface area is 142 Å². The molecular formula is C18H26BrNO2. The second kappa shape index (κ2) is 6.61. The summed E-state index contributed by atoms with van der Waals surface area (Å²) < 4.78 is 6.69. The van der Waals surface area contributed by atoms with Crippen LogP contribution in [0.4, 0.5) is 4.79 Å². The quantitative estimate of drug-likeness (QED) is 0.719. The minimum Gasteiger partial charge on any atom is -0.444 e. The molecule has 1 fully saturated rings. The van der Waals surface area contributed by atoms with Gasteiger partial charge in [0.2, 0.25) is 0 Å². The van der Waals surface area contributed by atoms with Crippen LogP contribution in [0, 0.1) is 13.8 Å². The molecule has 1 aromatic carbocycles. The summed E-state index contributed by atoms with van der Waals surface area (Å²) >= 11 is 3.53. The third-order valence-electron chi connectivity index (χ3n) is 4.13. The highest BCUT2D eigenvalue weighted by molar-refractivity contribution is 9.10. The van der Waals surface area contributed by atoms with Gasteiger partial charge >= 0.3 is 6.09 Å². The Hall–Kier alpha value is -1.03. The summed E-state index contributed by atoms with van der Waals surface area (Å²) in [5, 5.41) is 0. The van der Waals surface area contributed by atoms with Crippen LogP contribution >= 0.6 is 15.9 Å². The first kappa shape index (κ1) is 17.3. The van der Waals surface area contributed by atoms with Crippen LogP contribution in [-0.4, -0.2) is 22.6 Å². The summed E-state index contributed by atoms with van der Waals surface area (Å²) in [5.74, 6) is 0. The van der Waals surface area contributed by atoms with Crippen LogP contribution in [0.25, 0.3) is 0 Å². The monoisotopic (exact) mass is 367 g/mol. The van der Waals surface area contributed by atoms with E-state index in [4.69, 9.17) is 4.74 Å². The predicted molar refractivity (Wildman–Crippen MR) is 93.0 cm³/mol. The van der Waals surface area contributed by atoms with Crippen molar-refractivity contribution >= 4 is 22.0 Å². The molecule has 22 heavy (non-hydrogen) atoms. The first-order chi connectivity index (χ1) is 10.2. The fourth-order valence-electron chi connectivity index (χ4n) is 2.72. The molecule has 0 radical (unpaired) electrons. The first-order valence-corrected chi connectivity index (χ1v) is 8.72. The number of aryl methyl sites for hydroxylation is 2. The number of carbonyl (C=O) groups excluding carboxylic acids is 1. The smallest absolute Gasteiger partial charge is 0.410 e. The molecule has 0 atom stereocenters. The lowest BCUT2D eigenvalue weighted by molar-refractivity contribution is 0.00454. The van der Waals surface area contributed by atoms with Crippen molar-refractivity contribution in [3.63, 3.8) is 0 Å². The molecule has 0 heterocycles. The van der Waals surface area contributed by atoms with Gasteiger partial charge in [-0.25, -0.2) is 4.79 Å². The molecular weight excluding hydrogens is 342 g/mol. The average Bonchev–Trinajstić information content (AvgIpc) is 2.26. The van der Waals surface area contributed by atoms with Gasteiger partial charge in [-0.15, -0.1) is 0 Å². The summed E-state index contributed by atoms with van der Waals surface area (Å²) in [6.45, 7) is 10.6. The fraction of sp³-hybridized carbons (Fsp3) is 0.611. The summed E-state index contributed by atoms with van der Waals surface area (Å²) in [6.07, 6.45) is 3.16. The zero-order valence-corrected chi connectivity index (χ0v) is 15.8. The predicted octanol–water partition coefficient (Wildman–Crippen LogP) is 5.36. The molecule has 0 aliphatic heterocycles. The Kier molecular flexibility index (Phi) is 5.21. The number of ether oxygens (including phenoxy) is 1. The van der Waals surface area contributed by atoms with Crippen molar-refractivity contribution in [2.24, 2.45) is 0 Å². The molecule has 1 aromatic rings. The summed E-state index contributed by atoms with van der Waals surface area (Å²) in [4.78, 5) is 14.5. The van der Waals surface area contributed by atoms with Gasteiger partial charge < -0.3 is 9.64 Å². The van der Waals surface area contributed by atoms with E-state index in [1.807, 2.05) is 25.7 Å². The van der Waals surface area contributed by atoms with Gasteiger partial charge in [0.25, 0.3) is 0 Å². The number of carbonyl (C=O) groups is 1. The maximum absolute atomic E-state index is 12.6. The average molecular weight is 368 g/mol. The number of benzene rings is 1. The molecule has 0 aromatic heterocycles. The molecule has 1 aliphatic carbocycles. The highest BCUT2D eigenvalue weighted by Crippen LogP contribution is 2.30. The standard InChI is InChI=1S/C18H26BrNO2/c1-12-9-14(19)10-13(2)16(12)11-20(15-7-6-8-15)17(21)22-18(3,4)5/h9-10,15H,6-8,11H2,1-5H3. The Bertz CT molecular complexity index is 536. The van der Waals surface area contributed by atoms with Gasteiger partial charge in [0, 0.05) is 17.1 Å².